The van der Waals surface area contributed by atoms with Crippen LogP contribution >= 0.6 is 0 Å². The maximum absolute atomic E-state index is 11.7. The van der Waals surface area contributed by atoms with Gasteiger partial charge in [0.05, 0.1) is 6.61 Å². The molecule has 25 heavy (non-hydrogen) atoms. The van der Waals surface area contributed by atoms with Gasteiger partial charge in [0.15, 0.2) is 0 Å². The average Bonchev–Trinajstić information content (AvgIpc) is 2.95. The predicted molar refractivity (Wildman–Crippen MR) is 98.7 cm³/mol. The van der Waals surface area contributed by atoms with Gasteiger partial charge in [-0.2, -0.15) is 0 Å². The molecule has 1 N–H and O–H groups in total. The molecule has 0 aromatic heterocycles. The summed E-state index contributed by atoms with van der Waals surface area (Å²) in [7, 11) is 0. The van der Waals surface area contributed by atoms with E-state index in [1.807, 2.05) is 12.1 Å². The van der Waals surface area contributed by atoms with Gasteiger partial charge < -0.3 is 9.84 Å². The first kappa shape index (κ1) is 18.2. The molecule has 1 saturated carbocycles. The summed E-state index contributed by atoms with van der Waals surface area (Å²) in [5.41, 5.74) is 1.17. The minimum atomic E-state index is -0.664. The van der Waals surface area contributed by atoms with Gasteiger partial charge in [-0.1, -0.05) is 38.8 Å². The van der Waals surface area contributed by atoms with Crippen LogP contribution in [0.1, 0.15) is 57.9 Å². The first-order chi connectivity index (χ1) is 12.0. The zero-order chi connectivity index (χ0) is 17.8. The number of carboxylic acids is 1. The van der Waals surface area contributed by atoms with Crippen LogP contribution in [-0.2, 0) is 11.3 Å². The van der Waals surface area contributed by atoms with E-state index in [2.05, 4.69) is 30.9 Å². The Bertz CT molecular complexity index is 569. The van der Waals surface area contributed by atoms with Crippen LogP contribution < -0.4 is 4.74 Å². The third kappa shape index (κ3) is 4.55. The van der Waals surface area contributed by atoms with E-state index in [0.717, 1.165) is 38.2 Å². The third-order valence-corrected chi connectivity index (χ3v) is 5.76. The molecular weight excluding hydrogens is 314 g/mol. The van der Waals surface area contributed by atoms with Crippen molar-refractivity contribution in [2.24, 2.45) is 11.8 Å². The highest BCUT2D eigenvalue weighted by Crippen LogP contribution is 2.40. The van der Waals surface area contributed by atoms with E-state index in [1.54, 1.807) is 0 Å². The van der Waals surface area contributed by atoms with Gasteiger partial charge in [-0.05, 0) is 55.2 Å². The molecule has 1 saturated heterocycles. The number of rotatable bonds is 7. The molecule has 1 aliphatic carbocycles. The normalized spacial score (nSPS) is 26.6. The lowest BCUT2D eigenvalue weighted by Crippen LogP contribution is -2.41. The van der Waals surface area contributed by atoms with E-state index in [1.165, 1.54) is 24.8 Å². The Morgan fingerprint density at radius 3 is 2.64 bits per heavy atom. The molecule has 0 amide bonds. The zero-order valence-electron chi connectivity index (χ0n) is 15.5. The predicted octanol–water partition coefficient (Wildman–Crippen LogP) is 4.33. The zero-order valence-corrected chi connectivity index (χ0v) is 15.5. The van der Waals surface area contributed by atoms with E-state index >= 15 is 0 Å². The molecule has 3 atom stereocenters. The number of nitrogens with zero attached hydrogens (tertiary/aromatic N) is 1. The molecule has 1 aromatic carbocycles. The van der Waals surface area contributed by atoms with Crippen molar-refractivity contribution in [3.63, 3.8) is 0 Å². The van der Waals surface area contributed by atoms with Gasteiger partial charge in [0, 0.05) is 12.6 Å². The van der Waals surface area contributed by atoms with Crippen molar-refractivity contribution in [2.75, 3.05) is 6.61 Å². The molecule has 1 aliphatic heterocycles. The highest BCUT2D eigenvalue weighted by Gasteiger charge is 2.44. The minimum absolute atomic E-state index is 0.324. The summed E-state index contributed by atoms with van der Waals surface area (Å²) in [4.78, 5) is 13.9. The van der Waals surface area contributed by atoms with Crippen LogP contribution in [0.25, 0.3) is 0 Å². The molecule has 1 aromatic rings. The number of hydrogen-bond acceptors (Lipinski definition) is 3. The maximum atomic E-state index is 11.7. The average molecular weight is 345 g/mol. The number of carbonyl (C=O) groups is 1. The highest BCUT2D eigenvalue weighted by molar-refractivity contribution is 5.74. The number of aliphatic carboxylic acids is 1. The van der Waals surface area contributed by atoms with Crippen molar-refractivity contribution in [1.82, 2.24) is 4.90 Å². The molecule has 4 nitrogen and oxygen atoms in total. The van der Waals surface area contributed by atoms with Gasteiger partial charge in [0.25, 0.3) is 0 Å². The second-order valence-electron chi connectivity index (χ2n) is 8.05. The van der Waals surface area contributed by atoms with Crippen molar-refractivity contribution in [2.45, 2.75) is 71.0 Å². The van der Waals surface area contributed by atoms with Gasteiger partial charge >= 0.3 is 5.97 Å². The monoisotopic (exact) mass is 345 g/mol. The van der Waals surface area contributed by atoms with Gasteiger partial charge in [0.2, 0.25) is 0 Å². The lowest BCUT2D eigenvalue weighted by Gasteiger charge is -2.33. The van der Waals surface area contributed by atoms with Crippen molar-refractivity contribution < 1.29 is 14.6 Å². The van der Waals surface area contributed by atoms with E-state index < -0.39 is 5.97 Å². The van der Waals surface area contributed by atoms with E-state index in [9.17, 15) is 9.90 Å². The standard InChI is InChI=1S/C21H31NO3/c1-15(2)11-12-25-18-9-7-16(8-10-18)14-22-19-6-4-3-5-17(19)13-20(22)21(23)24/h7-10,15,17,19-20H,3-6,11-14H2,1-2H3,(H,23,24). The number of fused-ring (bicyclic) bond motifs is 1. The minimum Gasteiger partial charge on any atom is -0.494 e. The van der Waals surface area contributed by atoms with Crippen molar-refractivity contribution in [1.29, 1.82) is 0 Å². The third-order valence-electron chi connectivity index (χ3n) is 5.76. The number of likely N-dealkylation sites (tertiary alicyclic amines) is 1. The summed E-state index contributed by atoms with van der Waals surface area (Å²) in [5.74, 6) is 1.44. The van der Waals surface area contributed by atoms with Crippen LogP contribution in [0.5, 0.6) is 5.75 Å². The van der Waals surface area contributed by atoms with Gasteiger partial charge in [-0.25, -0.2) is 0 Å². The van der Waals surface area contributed by atoms with E-state index in [-0.39, 0.29) is 6.04 Å². The molecular formula is C21H31NO3. The Labute approximate surface area is 151 Å². The van der Waals surface area contributed by atoms with Crippen molar-refractivity contribution >= 4 is 5.97 Å². The van der Waals surface area contributed by atoms with Gasteiger partial charge in [-0.15, -0.1) is 0 Å². The highest BCUT2D eigenvalue weighted by atomic mass is 16.5. The molecule has 3 unspecified atom stereocenters. The summed E-state index contributed by atoms with van der Waals surface area (Å²) in [6.07, 6.45) is 6.68. The Balaban J connectivity index is 1.62. The Morgan fingerprint density at radius 2 is 1.96 bits per heavy atom. The lowest BCUT2D eigenvalue weighted by molar-refractivity contribution is -0.142. The summed E-state index contributed by atoms with van der Waals surface area (Å²) < 4.78 is 5.78. The second kappa shape index (κ2) is 8.22. The van der Waals surface area contributed by atoms with Crippen LogP contribution in [-0.4, -0.2) is 34.7 Å². The number of ether oxygens (including phenoxy) is 1. The first-order valence-electron chi connectivity index (χ1n) is 9.75. The Hall–Kier alpha value is -1.55. The fraction of sp³-hybridized carbons (Fsp3) is 0.667. The van der Waals surface area contributed by atoms with Crippen LogP contribution in [0.2, 0.25) is 0 Å². The lowest BCUT2D eigenvalue weighted by atomic mass is 9.84. The smallest absolute Gasteiger partial charge is 0.320 e. The topological polar surface area (TPSA) is 49.8 Å². The fourth-order valence-corrected chi connectivity index (χ4v) is 4.34. The summed E-state index contributed by atoms with van der Waals surface area (Å²) in [5, 5.41) is 9.63. The number of carboxylic acid groups (broad SMARTS) is 1. The van der Waals surface area contributed by atoms with Crippen LogP contribution in [0.15, 0.2) is 24.3 Å². The summed E-state index contributed by atoms with van der Waals surface area (Å²) >= 11 is 0. The Morgan fingerprint density at radius 1 is 1.24 bits per heavy atom. The second-order valence-corrected chi connectivity index (χ2v) is 8.05. The van der Waals surface area contributed by atoms with Crippen LogP contribution in [0.3, 0.4) is 0 Å². The van der Waals surface area contributed by atoms with E-state index in [4.69, 9.17) is 4.74 Å². The SMILES string of the molecule is CC(C)CCOc1ccc(CN2C(C(=O)O)CC3CCCCC32)cc1. The molecule has 1 heterocycles. The largest absolute Gasteiger partial charge is 0.494 e. The molecule has 2 fully saturated rings. The van der Waals surface area contributed by atoms with Crippen molar-refractivity contribution in [3.05, 3.63) is 29.8 Å². The number of hydrogen-bond donors (Lipinski definition) is 1. The molecule has 0 bridgehead atoms. The quantitative estimate of drug-likeness (QED) is 0.799. The Kier molecular flexibility index (Phi) is 6.00. The summed E-state index contributed by atoms with van der Waals surface area (Å²) in [6, 6.07) is 8.31. The molecule has 2 aliphatic rings. The van der Waals surface area contributed by atoms with Crippen molar-refractivity contribution in [3.8, 4) is 5.75 Å². The van der Waals surface area contributed by atoms with Crippen LogP contribution in [0, 0.1) is 11.8 Å². The molecule has 0 spiro atoms. The molecule has 4 heteroatoms. The molecule has 0 radical (unpaired) electrons. The first-order valence-corrected chi connectivity index (χ1v) is 9.75. The maximum Gasteiger partial charge on any atom is 0.320 e. The summed E-state index contributed by atoms with van der Waals surface area (Å²) in [6.45, 7) is 5.86. The fourth-order valence-electron chi connectivity index (χ4n) is 4.34. The van der Waals surface area contributed by atoms with Gasteiger partial charge in [0.1, 0.15) is 11.8 Å². The number of benzene rings is 1. The van der Waals surface area contributed by atoms with Gasteiger partial charge in [-0.3, -0.25) is 9.69 Å². The van der Waals surface area contributed by atoms with Crippen LogP contribution in [0.4, 0.5) is 0 Å². The van der Waals surface area contributed by atoms with E-state index in [0.29, 0.717) is 17.9 Å². The molecule has 138 valence electrons. The molecule has 3 rings (SSSR count).